The molecule has 0 saturated heterocycles. The summed E-state index contributed by atoms with van der Waals surface area (Å²) in [6.45, 7) is 1.50. The molecule has 1 atom stereocenters. The van der Waals surface area contributed by atoms with Gasteiger partial charge >= 0.3 is 0 Å². The van der Waals surface area contributed by atoms with E-state index < -0.39 is 6.04 Å². The summed E-state index contributed by atoms with van der Waals surface area (Å²) in [5.74, 6) is 0.177. The number of para-hydroxylation sites is 1. The number of nitrogens with one attached hydrogen (secondary N) is 1. The van der Waals surface area contributed by atoms with E-state index in [0.717, 1.165) is 35.5 Å². The molecule has 0 bridgehead atoms. The zero-order valence-electron chi connectivity index (χ0n) is 13.5. The Balaban J connectivity index is 1.60. The van der Waals surface area contributed by atoms with Gasteiger partial charge in [-0.1, -0.05) is 18.2 Å². The van der Waals surface area contributed by atoms with Crippen LogP contribution in [0.25, 0.3) is 0 Å². The van der Waals surface area contributed by atoms with Crippen molar-refractivity contribution >= 4 is 23.2 Å². The van der Waals surface area contributed by atoms with E-state index >= 15 is 0 Å². The van der Waals surface area contributed by atoms with Gasteiger partial charge < -0.3 is 5.32 Å². The lowest BCUT2D eigenvalue weighted by Crippen LogP contribution is -2.44. The molecule has 5 nitrogen and oxygen atoms in total. The summed E-state index contributed by atoms with van der Waals surface area (Å²) >= 11 is 0. The molecule has 2 aromatic rings. The maximum atomic E-state index is 12.9. The predicted molar refractivity (Wildman–Crippen MR) is 91.9 cm³/mol. The molecular weight excluding hydrogens is 302 g/mol. The summed E-state index contributed by atoms with van der Waals surface area (Å²) in [5.41, 5.74) is 3.58. The number of rotatable bonds is 3. The van der Waals surface area contributed by atoms with Crippen molar-refractivity contribution in [3.8, 4) is 0 Å². The monoisotopic (exact) mass is 321 g/mol. The van der Waals surface area contributed by atoms with E-state index in [0.29, 0.717) is 12.3 Å². The maximum absolute atomic E-state index is 12.9. The van der Waals surface area contributed by atoms with Crippen molar-refractivity contribution < 1.29 is 9.59 Å². The van der Waals surface area contributed by atoms with Crippen LogP contribution < -0.4 is 10.2 Å². The zero-order chi connectivity index (χ0) is 16.7. The van der Waals surface area contributed by atoms with Crippen LogP contribution in [0.2, 0.25) is 0 Å². The Morgan fingerprint density at radius 2 is 1.96 bits per heavy atom. The number of pyridine rings is 1. The van der Waals surface area contributed by atoms with E-state index in [1.807, 2.05) is 36.4 Å². The third-order valence-electron chi connectivity index (χ3n) is 4.68. The first-order valence-electron chi connectivity index (χ1n) is 8.28. The first kappa shape index (κ1) is 14.9. The van der Waals surface area contributed by atoms with Gasteiger partial charge in [0, 0.05) is 31.1 Å². The molecule has 2 aliphatic rings. The summed E-state index contributed by atoms with van der Waals surface area (Å²) in [6, 6.07) is 10.9. The molecule has 5 heteroatoms. The zero-order valence-corrected chi connectivity index (χ0v) is 13.5. The third-order valence-corrected chi connectivity index (χ3v) is 4.68. The van der Waals surface area contributed by atoms with E-state index in [1.165, 1.54) is 6.92 Å². The van der Waals surface area contributed by atoms with Gasteiger partial charge in [0.1, 0.15) is 6.04 Å². The molecular formula is C19H19N3O2. The first-order valence-corrected chi connectivity index (χ1v) is 8.28. The standard InChI is InChI=1S/C19H19N3O2/c1-12(23)22-16-7-3-2-5-14(16)11-17(22)19(24)21-15-6-4-10-20-18(15)13-8-9-13/h2-7,10,13,17H,8-9,11H2,1H3,(H,21,24)/t17-/m0/s1. The number of anilines is 2. The number of nitrogens with zero attached hydrogens (tertiary/aromatic N) is 2. The highest BCUT2D eigenvalue weighted by Gasteiger charge is 2.37. The number of amides is 2. The fraction of sp³-hybridized carbons (Fsp3) is 0.316. The van der Waals surface area contributed by atoms with Crippen molar-refractivity contribution in [1.82, 2.24) is 4.98 Å². The van der Waals surface area contributed by atoms with Gasteiger partial charge in [0.15, 0.2) is 0 Å². The summed E-state index contributed by atoms with van der Waals surface area (Å²) < 4.78 is 0. The molecule has 2 heterocycles. The molecule has 1 aromatic heterocycles. The fourth-order valence-electron chi connectivity index (χ4n) is 3.41. The molecule has 4 rings (SSSR count). The van der Waals surface area contributed by atoms with Crippen molar-refractivity contribution in [1.29, 1.82) is 0 Å². The molecule has 0 unspecified atom stereocenters. The van der Waals surface area contributed by atoms with Crippen LogP contribution in [0, 0.1) is 0 Å². The Morgan fingerprint density at radius 1 is 1.17 bits per heavy atom. The summed E-state index contributed by atoms with van der Waals surface area (Å²) in [6.07, 6.45) is 4.54. The van der Waals surface area contributed by atoms with Crippen molar-refractivity contribution in [3.05, 3.63) is 53.9 Å². The van der Waals surface area contributed by atoms with Gasteiger partial charge in [-0.3, -0.25) is 19.5 Å². The largest absolute Gasteiger partial charge is 0.323 e. The van der Waals surface area contributed by atoms with Gasteiger partial charge in [0.2, 0.25) is 11.8 Å². The quantitative estimate of drug-likeness (QED) is 0.945. The van der Waals surface area contributed by atoms with Crippen molar-refractivity contribution in [2.24, 2.45) is 0 Å². The van der Waals surface area contributed by atoms with Gasteiger partial charge in [0.25, 0.3) is 0 Å². The van der Waals surface area contributed by atoms with E-state index in [2.05, 4.69) is 10.3 Å². The molecule has 122 valence electrons. The second-order valence-corrected chi connectivity index (χ2v) is 6.44. The Kier molecular flexibility index (Phi) is 3.56. The minimum atomic E-state index is -0.507. The number of benzene rings is 1. The minimum Gasteiger partial charge on any atom is -0.323 e. The normalized spacial score (nSPS) is 19.0. The molecule has 2 amide bonds. The van der Waals surface area contributed by atoms with Gasteiger partial charge in [-0.2, -0.15) is 0 Å². The molecule has 24 heavy (non-hydrogen) atoms. The summed E-state index contributed by atoms with van der Waals surface area (Å²) in [5, 5.41) is 3.00. The van der Waals surface area contributed by atoms with Crippen LogP contribution in [0.1, 0.15) is 36.9 Å². The van der Waals surface area contributed by atoms with Gasteiger partial charge in [0.05, 0.1) is 11.4 Å². The number of fused-ring (bicyclic) bond motifs is 1. The molecule has 1 aromatic carbocycles. The van der Waals surface area contributed by atoms with Crippen molar-refractivity contribution in [2.45, 2.75) is 38.1 Å². The Bertz CT molecular complexity index is 814. The van der Waals surface area contributed by atoms with Crippen LogP contribution in [0.3, 0.4) is 0 Å². The van der Waals surface area contributed by atoms with Crippen LogP contribution >= 0.6 is 0 Å². The molecule has 0 spiro atoms. The number of carbonyl (C=O) groups excluding carboxylic acids is 2. The molecule has 0 radical (unpaired) electrons. The van der Waals surface area contributed by atoms with Crippen molar-refractivity contribution in [3.63, 3.8) is 0 Å². The smallest absolute Gasteiger partial charge is 0.247 e. The van der Waals surface area contributed by atoms with E-state index in [1.54, 1.807) is 11.1 Å². The lowest BCUT2D eigenvalue weighted by Gasteiger charge is -2.23. The van der Waals surface area contributed by atoms with Crippen LogP contribution in [0.4, 0.5) is 11.4 Å². The molecule has 1 N–H and O–H groups in total. The van der Waals surface area contributed by atoms with E-state index in [9.17, 15) is 9.59 Å². The average molecular weight is 321 g/mol. The topological polar surface area (TPSA) is 62.3 Å². The van der Waals surface area contributed by atoms with Crippen LogP contribution in [0.15, 0.2) is 42.6 Å². The molecule has 1 aliphatic carbocycles. The summed E-state index contributed by atoms with van der Waals surface area (Å²) in [7, 11) is 0. The SMILES string of the molecule is CC(=O)N1c2ccccc2C[C@H]1C(=O)Nc1cccnc1C1CC1. The van der Waals surface area contributed by atoms with Crippen LogP contribution in [-0.2, 0) is 16.0 Å². The van der Waals surface area contributed by atoms with Crippen molar-refractivity contribution in [2.75, 3.05) is 10.2 Å². The molecule has 1 fully saturated rings. The maximum Gasteiger partial charge on any atom is 0.247 e. The number of carbonyl (C=O) groups is 2. The fourth-order valence-corrected chi connectivity index (χ4v) is 3.41. The van der Waals surface area contributed by atoms with Gasteiger partial charge in [-0.15, -0.1) is 0 Å². The van der Waals surface area contributed by atoms with E-state index in [4.69, 9.17) is 0 Å². The highest BCUT2D eigenvalue weighted by molar-refractivity contribution is 6.06. The highest BCUT2D eigenvalue weighted by Crippen LogP contribution is 2.42. The second-order valence-electron chi connectivity index (χ2n) is 6.44. The lowest BCUT2D eigenvalue weighted by molar-refractivity contribution is -0.122. The lowest BCUT2D eigenvalue weighted by atomic mass is 10.1. The van der Waals surface area contributed by atoms with Crippen LogP contribution in [0.5, 0.6) is 0 Å². The molecule has 1 saturated carbocycles. The number of hydrogen-bond acceptors (Lipinski definition) is 3. The number of hydrogen-bond donors (Lipinski definition) is 1. The predicted octanol–water partition coefficient (Wildman–Crippen LogP) is 2.88. The molecule has 1 aliphatic heterocycles. The number of aromatic nitrogens is 1. The first-order chi connectivity index (χ1) is 11.6. The highest BCUT2D eigenvalue weighted by atomic mass is 16.2. The van der Waals surface area contributed by atoms with Crippen LogP contribution in [-0.4, -0.2) is 22.8 Å². The van der Waals surface area contributed by atoms with Gasteiger partial charge in [-0.25, -0.2) is 0 Å². The Labute approximate surface area is 140 Å². The minimum absolute atomic E-state index is 0.117. The van der Waals surface area contributed by atoms with Gasteiger partial charge in [-0.05, 0) is 36.6 Å². The Morgan fingerprint density at radius 3 is 2.71 bits per heavy atom. The third kappa shape index (κ3) is 2.56. The average Bonchev–Trinajstić information content (AvgIpc) is 3.34. The second kappa shape index (κ2) is 5.74. The van der Waals surface area contributed by atoms with E-state index in [-0.39, 0.29) is 11.8 Å². The summed E-state index contributed by atoms with van der Waals surface area (Å²) in [4.78, 5) is 31.0. The Hall–Kier alpha value is -2.69.